The highest BCUT2D eigenvalue weighted by atomic mass is 79.9. The zero-order valence-corrected chi connectivity index (χ0v) is 14.3. The number of rotatable bonds is 6. The molecule has 3 nitrogen and oxygen atoms in total. The molecule has 6 heteroatoms. The van der Waals surface area contributed by atoms with E-state index in [1.807, 2.05) is 0 Å². The van der Waals surface area contributed by atoms with Crippen molar-refractivity contribution >= 4 is 15.9 Å². The minimum absolute atomic E-state index is 0.112. The van der Waals surface area contributed by atoms with E-state index in [9.17, 15) is 13.9 Å². The van der Waals surface area contributed by atoms with Crippen molar-refractivity contribution in [2.75, 3.05) is 20.2 Å². The topological polar surface area (TPSA) is 33.9 Å². The Hall–Kier alpha value is -0.720. The van der Waals surface area contributed by atoms with E-state index in [4.69, 9.17) is 4.74 Å². The third-order valence-electron chi connectivity index (χ3n) is 4.24. The maximum Gasteiger partial charge on any atom is 0.190 e. The van der Waals surface area contributed by atoms with Crippen molar-refractivity contribution in [2.24, 2.45) is 0 Å². The number of nitrogens with one attached hydrogen (secondary N) is 1. The first-order valence-corrected chi connectivity index (χ1v) is 8.54. The van der Waals surface area contributed by atoms with E-state index in [2.05, 4.69) is 23.0 Å². The zero-order chi connectivity index (χ0) is 16.1. The molecule has 1 aromatic carbocycles. The summed E-state index contributed by atoms with van der Waals surface area (Å²) < 4.78 is 32.7. The number of benzene rings is 1. The summed E-state index contributed by atoms with van der Waals surface area (Å²) in [4.78, 5) is 1.26. The van der Waals surface area contributed by atoms with Crippen molar-refractivity contribution in [3.63, 3.8) is 0 Å². The Morgan fingerprint density at radius 1 is 1.27 bits per heavy atom. The Bertz CT molecular complexity index is 472. The number of aliphatic hydroxyl groups is 1. The lowest BCUT2D eigenvalue weighted by Crippen LogP contribution is -3.14. The van der Waals surface area contributed by atoms with Crippen LogP contribution in [0, 0.1) is 11.6 Å². The molecule has 2 atom stereocenters. The number of quaternary nitrogens is 1. The van der Waals surface area contributed by atoms with Gasteiger partial charge in [-0.3, -0.25) is 0 Å². The Labute approximate surface area is 138 Å². The van der Waals surface area contributed by atoms with Crippen molar-refractivity contribution in [1.82, 2.24) is 0 Å². The van der Waals surface area contributed by atoms with Crippen LogP contribution in [0.25, 0.3) is 0 Å². The third kappa shape index (κ3) is 4.89. The molecule has 0 aliphatic heterocycles. The quantitative estimate of drug-likeness (QED) is 0.796. The van der Waals surface area contributed by atoms with Crippen LogP contribution in [0.4, 0.5) is 8.78 Å². The SMILES string of the molecule is C[NH+](C[C@@H](O)COc1c(F)cc(Br)cc1F)C1CCCCC1. The first kappa shape index (κ1) is 17.6. The monoisotopic (exact) mass is 378 g/mol. The number of likely N-dealkylation sites (N-methyl/N-ethyl adjacent to an activating group) is 1. The van der Waals surface area contributed by atoms with Gasteiger partial charge in [0.25, 0.3) is 0 Å². The average Bonchev–Trinajstić information content (AvgIpc) is 2.47. The molecule has 0 aromatic heterocycles. The molecule has 2 rings (SSSR count). The molecular weight excluding hydrogens is 356 g/mol. The summed E-state index contributed by atoms with van der Waals surface area (Å²) in [7, 11) is 2.06. The second kappa shape index (κ2) is 8.22. The normalized spacial score (nSPS) is 19.0. The van der Waals surface area contributed by atoms with Crippen LogP contribution in [0.3, 0.4) is 0 Å². The Morgan fingerprint density at radius 2 is 1.86 bits per heavy atom. The van der Waals surface area contributed by atoms with Crippen LogP contribution in [-0.4, -0.2) is 37.5 Å². The molecule has 1 fully saturated rings. The van der Waals surface area contributed by atoms with E-state index in [0.717, 1.165) is 12.1 Å². The van der Waals surface area contributed by atoms with Gasteiger partial charge in [-0.05, 0) is 37.8 Å². The van der Waals surface area contributed by atoms with E-state index < -0.39 is 23.5 Å². The molecule has 1 aromatic rings. The van der Waals surface area contributed by atoms with Crippen LogP contribution in [0.15, 0.2) is 16.6 Å². The first-order chi connectivity index (χ1) is 10.5. The summed E-state index contributed by atoms with van der Waals surface area (Å²) in [6, 6.07) is 2.85. The highest BCUT2D eigenvalue weighted by Gasteiger charge is 2.24. The van der Waals surface area contributed by atoms with Crippen LogP contribution < -0.4 is 9.64 Å². The molecule has 22 heavy (non-hydrogen) atoms. The Morgan fingerprint density at radius 3 is 2.45 bits per heavy atom. The summed E-state index contributed by atoms with van der Waals surface area (Å²) in [5.41, 5.74) is 0. The average molecular weight is 379 g/mol. The number of aliphatic hydroxyl groups excluding tert-OH is 1. The molecule has 0 saturated heterocycles. The van der Waals surface area contributed by atoms with E-state index in [0.29, 0.717) is 17.1 Å². The third-order valence-corrected chi connectivity index (χ3v) is 4.70. The van der Waals surface area contributed by atoms with Crippen molar-refractivity contribution in [1.29, 1.82) is 0 Å². The molecule has 0 amide bonds. The summed E-state index contributed by atoms with van der Waals surface area (Å²) in [6.45, 7) is 0.407. The molecule has 1 unspecified atom stereocenters. The van der Waals surface area contributed by atoms with Gasteiger partial charge in [-0.1, -0.05) is 22.4 Å². The fourth-order valence-corrected chi connectivity index (χ4v) is 3.44. The first-order valence-electron chi connectivity index (χ1n) is 7.75. The summed E-state index contributed by atoms with van der Waals surface area (Å²) in [5.74, 6) is -1.98. The van der Waals surface area contributed by atoms with Crippen LogP contribution in [0.5, 0.6) is 5.75 Å². The Kier molecular flexibility index (Phi) is 6.59. The molecule has 124 valence electrons. The van der Waals surface area contributed by atoms with Gasteiger partial charge in [0.2, 0.25) is 0 Å². The maximum atomic E-state index is 13.6. The largest absolute Gasteiger partial charge is 0.485 e. The van der Waals surface area contributed by atoms with E-state index in [1.165, 1.54) is 37.0 Å². The predicted molar refractivity (Wildman–Crippen MR) is 84.2 cm³/mol. The van der Waals surface area contributed by atoms with Crippen LogP contribution in [0.2, 0.25) is 0 Å². The lowest BCUT2D eigenvalue weighted by Gasteiger charge is -2.29. The van der Waals surface area contributed by atoms with Gasteiger partial charge in [0, 0.05) is 4.47 Å². The lowest BCUT2D eigenvalue weighted by molar-refractivity contribution is -0.910. The minimum atomic E-state index is -0.771. The summed E-state index contributed by atoms with van der Waals surface area (Å²) >= 11 is 3.02. The zero-order valence-electron chi connectivity index (χ0n) is 12.7. The van der Waals surface area contributed by atoms with E-state index in [-0.39, 0.29) is 6.61 Å². The van der Waals surface area contributed by atoms with Gasteiger partial charge in [-0.15, -0.1) is 0 Å². The molecule has 0 spiro atoms. The number of hydrogen-bond donors (Lipinski definition) is 2. The minimum Gasteiger partial charge on any atom is -0.485 e. The van der Waals surface area contributed by atoms with Crippen LogP contribution in [0.1, 0.15) is 32.1 Å². The van der Waals surface area contributed by atoms with Crippen molar-refractivity contribution in [2.45, 2.75) is 44.2 Å². The molecule has 1 aliphatic rings. The number of hydrogen-bond acceptors (Lipinski definition) is 2. The summed E-state index contributed by atoms with van der Waals surface area (Å²) in [5, 5.41) is 10.0. The van der Waals surface area contributed by atoms with Crippen LogP contribution in [-0.2, 0) is 0 Å². The fourth-order valence-electron chi connectivity index (χ4n) is 3.04. The van der Waals surface area contributed by atoms with Gasteiger partial charge in [0.15, 0.2) is 17.4 Å². The number of ether oxygens (including phenoxy) is 1. The van der Waals surface area contributed by atoms with Crippen molar-refractivity contribution < 1.29 is 23.5 Å². The van der Waals surface area contributed by atoms with Gasteiger partial charge in [0.1, 0.15) is 19.3 Å². The summed E-state index contributed by atoms with van der Waals surface area (Å²) in [6.07, 6.45) is 5.38. The molecule has 1 aliphatic carbocycles. The highest BCUT2D eigenvalue weighted by molar-refractivity contribution is 9.10. The van der Waals surface area contributed by atoms with Crippen molar-refractivity contribution in [3.05, 3.63) is 28.2 Å². The Balaban J connectivity index is 1.83. The van der Waals surface area contributed by atoms with Gasteiger partial charge in [-0.2, -0.15) is 0 Å². The number of halogens is 3. The van der Waals surface area contributed by atoms with Crippen molar-refractivity contribution in [3.8, 4) is 5.75 Å². The standard InChI is InChI=1S/C16H22BrF2NO2/c1-20(12-5-3-2-4-6-12)9-13(21)10-22-16-14(18)7-11(17)8-15(16)19/h7-8,12-13,21H,2-6,9-10H2,1H3/p+1/t13-/m1/s1. The molecule has 0 bridgehead atoms. The second-order valence-electron chi connectivity index (χ2n) is 6.05. The molecular formula is C16H23BrF2NO2+. The van der Waals surface area contributed by atoms with E-state index >= 15 is 0 Å². The molecule has 1 saturated carbocycles. The van der Waals surface area contributed by atoms with Gasteiger partial charge >= 0.3 is 0 Å². The predicted octanol–water partition coefficient (Wildman–Crippen LogP) is 2.31. The van der Waals surface area contributed by atoms with Gasteiger partial charge in [-0.25, -0.2) is 8.78 Å². The smallest absolute Gasteiger partial charge is 0.190 e. The second-order valence-corrected chi connectivity index (χ2v) is 6.96. The fraction of sp³-hybridized carbons (Fsp3) is 0.625. The maximum absolute atomic E-state index is 13.6. The van der Waals surface area contributed by atoms with Gasteiger partial charge in [0.05, 0.1) is 13.1 Å². The molecule has 2 N–H and O–H groups in total. The van der Waals surface area contributed by atoms with E-state index in [1.54, 1.807) is 0 Å². The van der Waals surface area contributed by atoms with Gasteiger partial charge < -0.3 is 14.7 Å². The molecule has 0 heterocycles. The molecule has 0 radical (unpaired) electrons. The van der Waals surface area contributed by atoms with Crippen LogP contribution >= 0.6 is 15.9 Å². The lowest BCUT2D eigenvalue weighted by atomic mass is 9.94. The highest BCUT2D eigenvalue weighted by Crippen LogP contribution is 2.25.